The van der Waals surface area contributed by atoms with Gasteiger partial charge in [0.25, 0.3) is 0 Å². The summed E-state index contributed by atoms with van der Waals surface area (Å²) in [4.78, 5) is 0. The average molecular weight is 422 g/mol. The van der Waals surface area contributed by atoms with Crippen LogP contribution in [0, 0.1) is 0 Å². The van der Waals surface area contributed by atoms with Crippen molar-refractivity contribution in [2.24, 2.45) is 0 Å². The maximum Gasteiger partial charge on any atom is 0.0509 e. The summed E-state index contributed by atoms with van der Waals surface area (Å²) in [6.07, 6.45) is 3.73. The van der Waals surface area contributed by atoms with Gasteiger partial charge in [0, 0.05) is 18.6 Å². The number of aliphatic hydroxyl groups excluding tert-OH is 5. The van der Waals surface area contributed by atoms with Crippen LogP contribution in [0.4, 0.5) is 0 Å². The van der Waals surface area contributed by atoms with Gasteiger partial charge < -0.3 is 25.5 Å². The molecule has 26 heavy (non-hydrogen) atoms. The molecule has 0 amide bonds. The van der Waals surface area contributed by atoms with Crippen LogP contribution in [0.5, 0.6) is 0 Å². The third kappa shape index (κ3) is 124. The summed E-state index contributed by atoms with van der Waals surface area (Å²) in [5.41, 5.74) is 0. The van der Waals surface area contributed by atoms with E-state index in [2.05, 4.69) is 0 Å². The first-order valence-electron chi connectivity index (χ1n) is 9.75. The van der Waals surface area contributed by atoms with Gasteiger partial charge in [0.15, 0.2) is 0 Å². The van der Waals surface area contributed by atoms with Crippen molar-refractivity contribution in [3.63, 3.8) is 0 Å². The fraction of sp³-hybridized carbons (Fsp3) is 1.00. The average Bonchev–Trinajstić information content (AvgIpc) is 2.56. The summed E-state index contributed by atoms with van der Waals surface area (Å²) in [5.74, 6) is 0. The van der Waals surface area contributed by atoms with Gasteiger partial charge in [-0.2, -0.15) is 0 Å². The second-order valence-corrected chi connectivity index (χ2v) is 6.29. The molecule has 0 saturated carbocycles. The Labute approximate surface area is 176 Å². The van der Waals surface area contributed by atoms with Gasteiger partial charge >= 0.3 is 0 Å². The molecule has 5 nitrogen and oxygen atoms in total. The van der Waals surface area contributed by atoms with Gasteiger partial charge in [0.05, 0.1) is 30.5 Å². The molecule has 0 aromatic rings. The molecule has 5 unspecified atom stereocenters. The monoisotopic (exact) mass is 421 g/mol. The van der Waals surface area contributed by atoms with E-state index in [-0.39, 0.29) is 49.1 Å². The number of aliphatic hydroxyl groups is 5. The van der Waals surface area contributed by atoms with Crippen molar-refractivity contribution >= 4 is 0 Å². The fourth-order valence-corrected chi connectivity index (χ4v) is 0. The van der Waals surface area contributed by atoms with E-state index >= 15 is 0 Å². The van der Waals surface area contributed by atoms with Crippen LogP contribution in [-0.4, -0.2) is 56.1 Å². The second kappa shape index (κ2) is 36.3. The molecule has 0 spiro atoms. The van der Waals surface area contributed by atoms with E-state index in [1.165, 1.54) is 0 Å². The first-order chi connectivity index (χ1) is 11.4. The standard InChI is InChI=1S/5C4H10O.V/c5*1-3-4(2)5;/h5*4-5H,3H2,1-2H3;. The third-order valence-corrected chi connectivity index (χ3v) is 2.95. The maximum atomic E-state index is 8.36. The summed E-state index contributed by atoms with van der Waals surface area (Å²) in [5, 5.41) is 41.8. The van der Waals surface area contributed by atoms with Gasteiger partial charge in [-0.25, -0.2) is 0 Å². The normalized spacial score (nSPS) is 14.4. The Balaban J connectivity index is -0.0000000476. The van der Waals surface area contributed by atoms with Gasteiger partial charge in [-0.05, 0) is 66.7 Å². The maximum absolute atomic E-state index is 8.36. The van der Waals surface area contributed by atoms with E-state index in [4.69, 9.17) is 25.5 Å². The summed E-state index contributed by atoms with van der Waals surface area (Å²) < 4.78 is 0. The van der Waals surface area contributed by atoms with Gasteiger partial charge in [-0.3, -0.25) is 0 Å². The Morgan fingerprint density at radius 1 is 0.385 bits per heavy atom. The molecule has 0 rings (SSSR count). The molecule has 0 heterocycles. The first kappa shape index (κ1) is 40.9. The quantitative estimate of drug-likeness (QED) is 0.464. The van der Waals surface area contributed by atoms with Crippen LogP contribution in [0.3, 0.4) is 0 Å². The molecule has 1 radical (unpaired) electrons. The van der Waals surface area contributed by atoms with Crippen LogP contribution in [0.1, 0.15) is 101 Å². The molecular formula is C20H50O5V. The fourth-order valence-electron chi connectivity index (χ4n) is 0. The van der Waals surface area contributed by atoms with Crippen molar-refractivity contribution in [1.82, 2.24) is 0 Å². The van der Waals surface area contributed by atoms with Crippen molar-refractivity contribution in [3.05, 3.63) is 0 Å². The van der Waals surface area contributed by atoms with Gasteiger partial charge in [-0.15, -0.1) is 0 Å². The second-order valence-electron chi connectivity index (χ2n) is 6.29. The molecule has 0 aromatic carbocycles. The molecule has 0 aliphatic carbocycles. The molecule has 0 bridgehead atoms. The van der Waals surface area contributed by atoms with Gasteiger partial charge in [0.2, 0.25) is 0 Å². The largest absolute Gasteiger partial charge is 0.393 e. The van der Waals surface area contributed by atoms with Crippen LogP contribution < -0.4 is 0 Å². The van der Waals surface area contributed by atoms with Crippen molar-refractivity contribution in [3.8, 4) is 0 Å². The molecule has 5 N–H and O–H groups in total. The zero-order chi connectivity index (χ0) is 21.4. The van der Waals surface area contributed by atoms with E-state index in [9.17, 15) is 0 Å². The van der Waals surface area contributed by atoms with Crippen LogP contribution in [0.25, 0.3) is 0 Å². The first-order valence-corrected chi connectivity index (χ1v) is 9.75. The van der Waals surface area contributed by atoms with E-state index < -0.39 is 0 Å². The molecule has 0 aromatic heterocycles. The molecule has 165 valence electrons. The molecule has 0 fully saturated rings. The SMILES string of the molecule is CCC(C)O.CCC(C)O.CCC(C)O.CCC(C)O.CCC(C)O.[V]. The molecule has 0 aliphatic rings. The summed E-state index contributed by atoms with van der Waals surface area (Å²) in [6, 6.07) is 0. The van der Waals surface area contributed by atoms with Crippen LogP contribution in [0.15, 0.2) is 0 Å². The Morgan fingerprint density at radius 2 is 0.423 bits per heavy atom. The number of rotatable bonds is 5. The Kier molecular flexibility index (Phi) is 57.2. The van der Waals surface area contributed by atoms with Crippen LogP contribution in [-0.2, 0) is 18.6 Å². The summed E-state index contributed by atoms with van der Waals surface area (Å²) in [6.45, 7) is 18.6. The zero-order valence-electron chi connectivity index (χ0n) is 19.1. The minimum Gasteiger partial charge on any atom is -0.393 e. The number of hydrogen-bond donors (Lipinski definition) is 5. The van der Waals surface area contributed by atoms with E-state index in [0.717, 1.165) is 32.1 Å². The molecule has 6 heteroatoms. The Hall–Kier alpha value is 0.384. The minimum atomic E-state index is -0.116. The topological polar surface area (TPSA) is 101 Å². The van der Waals surface area contributed by atoms with Gasteiger partial charge in [-0.1, -0.05) is 34.6 Å². The van der Waals surface area contributed by atoms with Crippen molar-refractivity contribution in [2.45, 2.75) is 132 Å². The third-order valence-electron chi connectivity index (χ3n) is 2.95. The predicted octanol–water partition coefficient (Wildman–Crippen LogP) is 3.88. The zero-order valence-corrected chi connectivity index (χ0v) is 20.5. The molecular weight excluding hydrogens is 371 g/mol. The predicted molar refractivity (Wildman–Crippen MR) is 110 cm³/mol. The Bertz CT molecular complexity index is 141. The van der Waals surface area contributed by atoms with Crippen molar-refractivity contribution < 1.29 is 44.1 Å². The molecule has 5 atom stereocenters. The van der Waals surface area contributed by atoms with Crippen molar-refractivity contribution in [2.75, 3.05) is 0 Å². The smallest absolute Gasteiger partial charge is 0.0509 e. The minimum absolute atomic E-state index is 0. The Morgan fingerprint density at radius 3 is 0.423 bits per heavy atom. The van der Waals surface area contributed by atoms with Crippen LogP contribution >= 0.6 is 0 Å². The van der Waals surface area contributed by atoms with Gasteiger partial charge in [0.1, 0.15) is 0 Å². The van der Waals surface area contributed by atoms with Crippen molar-refractivity contribution in [1.29, 1.82) is 0 Å². The van der Waals surface area contributed by atoms with Crippen LogP contribution in [0.2, 0.25) is 0 Å². The van der Waals surface area contributed by atoms with E-state index in [1.54, 1.807) is 34.6 Å². The van der Waals surface area contributed by atoms with E-state index in [0.29, 0.717) is 0 Å². The summed E-state index contributed by atoms with van der Waals surface area (Å²) in [7, 11) is 0. The number of hydrogen-bond acceptors (Lipinski definition) is 5. The molecule has 0 aliphatic heterocycles. The summed E-state index contributed by atoms with van der Waals surface area (Å²) >= 11 is 0. The van der Waals surface area contributed by atoms with E-state index in [1.807, 2.05) is 34.6 Å². The molecule has 0 saturated heterocycles.